The molecule has 20 heavy (non-hydrogen) atoms. The first-order valence-corrected chi connectivity index (χ1v) is 7.33. The molecule has 8 nitrogen and oxygen atoms in total. The Morgan fingerprint density at radius 1 is 1.50 bits per heavy atom. The van der Waals surface area contributed by atoms with Crippen molar-refractivity contribution >= 4 is 27.4 Å². The molecule has 0 aromatic carbocycles. The van der Waals surface area contributed by atoms with E-state index in [4.69, 9.17) is 17.4 Å². The number of nitrogens with two attached hydrogens (primary N) is 1. The fourth-order valence-corrected chi connectivity index (χ4v) is 2.92. The van der Waals surface area contributed by atoms with Crippen LogP contribution in [0.4, 0.5) is 5.82 Å². The second-order valence-electron chi connectivity index (χ2n) is 3.94. The molecule has 108 valence electrons. The zero-order valence-electron chi connectivity index (χ0n) is 10.5. The fraction of sp³-hybridized carbons (Fsp3) is 0.200. The van der Waals surface area contributed by atoms with Gasteiger partial charge in [0.2, 0.25) is 10.0 Å². The minimum Gasteiger partial charge on any atom is -0.347 e. The Morgan fingerprint density at radius 2 is 2.25 bits per heavy atom. The number of hydrogen-bond donors (Lipinski definition) is 3. The molecule has 2 rings (SSSR count). The van der Waals surface area contributed by atoms with Crippen molar-refractivity contribution in [1.29, 1.82) is 0 Å². The first-order chi connectivity index (χ1) is 9.45. The molecule has 0 unspecified atom stereocenters. The van der Waals surface area contributed by atoms with Crippen LogP contribution in [0.15, 0.2) is 29.6 Å². The van der Waals surface area contributed by atoms with E-state index in [1.54, 1.807) is 12.4 Å². The quantitative estimate of drug-likeness (QED) is 0.548. The first kappa shape index (κ1) is 14.7. The summed E-state index contributed by atoms with van der Waals surface area (Å²) < 4.78 is 25.8. The van der Waals surface area contributed by atoms with Gasteiger partial charge in [-0.2, -0.15) is 4.31 Å². The van der Waals surface area contributed by atoms with E-state index < -0.39 is 10.0 Å². The Morgan fingerprint density at radius 3 is 2.80 bits per heavy atom. The lowest BCUT2D eigenvalue weighted by Gasteiger charge is -2.16. The van der Waals surface area contributed by atoms with Gasteiger partial charge in [-0.15, -0.1) is 0 Å². The van der Waals surface area contributed by atoms with Crippen LogP contribution in [0.2, 0.25) is 5.02 Å². The highest BCUT2D eigenvalue weighted by Gasteiger charge is 2.23. The number of rotatable bonds is 5. The molecule has 0 aliphatic rings. The van der Waals surface area contributed by atoms with Crippen molar-refractivity contribution in [2.45, 2.75) is 11.4 Å². The van der Waals surface area contributed by atoms with Crippen LogP contribution >= 0.6 is 11.6 Å². The summed E-state index contributed by atoms with van der Waals surface area (Å²) in [7, 11) is -2.26. The number of H-pyrrole nitrogens is 1. The summed E-state index contributed by atoms with van der Waals surface area (Å²) in [5.74, 6) is 5.94. The summed E-state index contributed by atoms with van der Waals surface area (Å²) in [6, 6.07) is 1.29. The van der Waals surface area contributed by atoms with E-state index in [1.165, 1.54) is 19.3 Å². The van der Waals surface area contributed by atoms with Crippen molar-refractivity contribution in [3.05, 3.63) is 35.5 Å². The SMILES string of the molecule is CN(Cc1ncc[nH]1)S(=O)(=O)c1cnc(NN)c(Cl)c1. The Hall–Kier alpha value is -1.68. The van der Waals surface area contributed by atoms with Crippen molar-refractivity contribution in [2.24, 2.45) is 5.84 Å². The van der Waals surface area contributed by atoms with Gasteiger partial charge in [-0.25, -0.2) is 24.2 Å². The molecule has 0 atom stereocenters. The van der Waals surface area contributed by atoms with Gasteiger partial charge in [0, 0.05) is 25.6 Å². The van der Waals surface area contributed by atoms with Gasteiger partial charge in [-0.3, -0.25) is 0 Å². The molecule has 0 radical (unpaired) electrons. The predicted molar refractivity (Wildman–Crippen MR) is 74.3 cm³/mol. The number of sulfonamides is 1. The van der Waals surface area contributed by atoms with Crippen LogP contribution in [0.3, 0.4) is 0 Å². The molecule has 2 aromatic heterocycles. The van der Waals surface area contributed by atoms with Crippen LogP contribution in [0.5, 0.6) is 0 Å². The Kier molecular flexibility index (Phi) is 4.23. The third-order valence-corrected chi connectivity index (χ3v) is 4.65. The van der Waals surface area contributed by atoms with Gasteiger partial charge in [-0.1, -0.05) is 11.6 Å². The lowest BCUT2D eigenvalue weighted by Crippen LogP contribution is -2.27. The van der Waals surface area contributed by atoms with E-state index in [-0.39, 0.29) is 22.3 Å². The van der Waals surface area contributed by atoms with Gasteiger partial charge < -0.3 is 10.4 Å². The largest absolute Gasteiger partial charge is 0.347 e. The molecule has 0 bridgehead atoms. The molecule has 0 saturated carbocycles. The van der Waals surface area contributed by atoms with Gasteiger partial charge in [-0.05, 0) is 6.07 Å². The number of nitrogens with zero attached hydrogens (tertiary/aromatic N) is 3. The number of aromatic amines is 1. The van der Waals surface area contributed by atoms with E-state index >= 15 is 0 Å². The Balaban J connectivity index is 2.27. The number of imidazole rings is 1. The molecular formula is C10H13ClN6O2S. The molecule has 2 aromatic rings. The van der Waals surface area contributed by atoms with E-state index in [2.05, 4.69) is 20.4 Å². The van der Waals surface area contributed by atoms with Crippen LogP contribution in [-0.2, 0) is 16.6 Å². The molecule has 0 aliphatic carbocycles. The van der Waals surface area contributed by atoms with Gasteiger partial charge >= 0.3 is 0 Å². The lowest BCUT2D eigenvalue weighted by molar-refractivity contribution is 0.458. The van der Waals surface area contributed by atoms with Crippen molar-refractivity contribution in [3.63, 3.8) is 0 Å². The summed E-state index contributed by atoms with van der Waals surface area (Å²) >= 11 is 5.88. The van der Waals surface area contributed by atoms with Crippen LogP contribution in [0.1, 0.15) is 5.82 Å². The van der Waals surface area contributed by atoms with E-state index in [1.807, 2.05) is 0 Å². The monoisotopic (exact) mass is 316 g/mol. The summed E-state index contributed by atoms with van der Waals surface area (Å²) in [4.78, 5) is 10.6. The minimum absolute atomic E-state index is 0.0180. The number of halogens is 1. The third kappa shape index (κ3) is 2.90. The van der Waals surface area contributed by atoms with Gasteiger partial charge in [0.25, 0.3) is 0 Å². The van der Waals surface area contributed by atoms with Crippen molar-refractivity contribution in [3.8, 4) is 0 Å². The van der Waals surface area contributed by atoms with Crippen molar-refractivity contribution < 1.29 is 8.42 Å². The standard InChI is InChI=1S/C10H13ClN6O2S/c1-17(6-9-13-2-3-14-9)20(18,19)7-4-8(11)10(16-12)15-5-7/h2-5H,6,12H2,1H3,(H,13,14)(H,15,16). The van der Waals surface area contributed by atoms with E-state index in [0.717, 1.165) is 4.31 Å². The minimum atomic E-state index is -3.70. The van der Waals surface area contributed by atoms with Crippen LogP contribution in [-0.4, -0.2) is 34.7 Å². The number of hydrogen-bond acceptors (Lipinski definition) is 6. The van der Waals surface area contributed by atoms with E-state index in [9.17, 15) is 8.42 Å². The summed E-state index contributed by atoms with van der Waals surface area (Å²) in [5, 5.41) is 0.125. The zero-order valence-corrected chi connectivity index (χ0v) is 12.1. The second-order valence-corrected chi connectivity index (χ2v) is 6.39. The highest BCUT2D eigenvalue weighted by molar-refractivity contribution is 7.89. The maximum atomic E-state index is 12.3. The molecule has 2 heterocycles. The number of aromatic nitrogens is 3. The third-order valence-electron chi connectivity index (χ3n) is 2.59. The second kappa shape index (κ2) is 5.75. The number of hydrazine groups is 1. The molecule has 0 spiro atoms. The molecule has 4 N–H and O–H groups in total. The first-order valence-electron chi connectivity index (χ1n) is 5.52. The Bertz CT molecular complexity index is 688. The molecular weight excluding hydrogens is 304 g/mol. The summed E-state index contributed by atoms with van der Waals surface area (Å²) in [6.45, 7) is 0.115. The van der Waals surface area contributed by atoms with Gasteiger partial charge in [0.1, 0.15) is 10.7 Å². The van der Waals surface area contributed by atoms with Crippen molar-refractivity contribution in [1.82, 2.24) is 19.3 Å². The molecule has 0 amide bonds. The summed E-state index contributed by atoms with van der Waals surface area (Å²) in [5.41, 5.74) is 2.27. The maximum Gasteiger partial charge on any atom is 0.244 e. The average Bonchev–Trinajstić information content (AvgIpc) is 2.91. The molecule has 0 aliphatic heterocycles. The molecule has 0 fully saturated rings. The smallest absolute Gasteiger partial charge is 0.244 e. The normalized spacial score (nSPS) is 11.8. The van der Waals surface area contributed by atoms with E-state index in [0.29, 0.717) is 5.82 Å². The predicted octanol–water partition coefficient (Wildman–Crippen LogP) is 0.564. The fourth-order valence-electron chi connectivity index (χ4n) is 1.53. The van der Waals surface area contributed by atoms with Crippen LogP contribution in [0, 0.1) is 0 Å². The number of anilines is 1. The van der Waals surface area contributed by atoms with Gasteiger partial charge in [0.05, 0.1) is 11.6 Å². The number of nitrogens with one attached hydrogen (secondary N) is 2. The topological polar surface area (TPSA) is 117 Å². The maximum absolute atomic E-state index is 12.3. The van der Waals surface area contributed by atoms with Crippen LogP contribution in [0.25, 0.3) is 0 Å². The van der Waals surface area contributed by atoms with Crippen molar-refractivity contribution in [2.75, 3.05) is 12.5 Å². The Labute approximate surface area is 121 Å². The highest BCUT2D eigenvalue weighted by Crippen LogP contribution is 2.23. The molecule has 0 saturated heterocycles. The zero-order chi connectivity index (χ0) is 14.8. The van der Waals surface area contributed by atoms with Crippen LogP contribution < -0.4 is 11.3 Å². The number of pyridine rings is 1. The van der Waals surface area contributed by atoms with Gasteiger partial charge in [0.15, 0.2) is 5.82 Å². The molecule has 10 heteroatoms. The highest BCUT2D eigenvalue weighted by atomic mass is 35.5. The average molecular weight is 317 g/mol. The lowest BCUT2D eigenvalue weighted by atomic mass is 10.5. The number of nitrogen functional groups attached to an aromatic ring is 1. The summed E-state index contributed by atoms with van der Waals surface area (Å²) in [6.07, 6.45) is 4.36.